The molecule has 0 heterocycles. The molecule has 3 heteroatoms. The first-order valence-electron chi connectivity index (χ1n) is 4.50. The quantitative estimate of drug-likeness (QED) is 0.482. The van der Waals surface area contributed by atoms with Crippen LogP contribution < -0.4 is 5.32 Å². The van der Waals surface area contributed by atoms with Crippen molar-refractivity contribution >= 4 is 28.4 Å². The number of halogens is 1. The van der Waals surface area contributed by atoms with Crippen LogP contribution in [0.2, 0.25) is 0 Å². The summed E-state index contributed by atoms with van der Waals surface area (Å²) in [5, 5.41) is 3.26. The van der Waals surface area contributed by atoms with Crippen molar-refractivity contribution < 1.29 is 4.79 Å². The number of Topliss-reactive ketones (excluding diaryl/α,β-unsaturated/α-hetero) is 1. The third-order valence-corrected chi connectivity index (χ3v) is 2.41. The number of ketones is 1. The molecule has 0 rings (SSSR count). The van der Waals surface area contributed by atoms with E-state index in [2.05, 4.69) is 48.7 Å². The standard InChI is InChI=1S/C10H20INO/c1-9(2,3)7(13)8(11)12-10(4,5)6/h8,12H,1-6H3. The molecule has 0 saturated heterocycles. The molecule has 0 bridgehead atoms. The van der Waals surface area contributed by atoms with E-state index < -0.39 is 0 Å². The molecule has 0 amide bonds. The van der Waals surface area contributed by atoms with Gasteiger partial charge >= 0.3 is 0 Å². The summed E-state index contributed by atoms with van der Waals surface area (Å²) >= 11 is 2.16. The van der Waals surface area contributed by atoms with Gasteiger partial charge in [-0.1, -0.05) is 43.4 Å². The third kappa shape index (κ3) is 5.62. The van der Waals surface area contributed by atoms with Crippen LogP contribution >= 0.6 is 22.6 Å². The molecule has 78 valence electrons. The molecule has 0 radical (unpaired) electrons. The lowest BCUT2D eigenvalue weighted by atomic mass is 9.90. The Morgan fingerprint density at radius 3 is 1.77 bits per heavy atom. The zero-order chi connectivity index (χ0) is 10.9. The van der Waals surface area contributed by atoms with Gasteiger partial charge < -0.3 is 0 Å². The number of carbonyl (C=O) groups is 1. The monoisotopic (exact) mass is 297 g/mol. The summed E-state index contributed by atoms with van der Waals surface area (Å²) in [6.45, 7) is 12.0. The Morgan fingerprint density at radius 2 is 1.54 bits per heavy atom. The SMILES string of the molecule is CC(C)(C)NC(I)C(=O)C(C)(C)C. The lowest BCUT2D eigenvalue weighted by Crippen LogP contribution is -2.47. The molecule has 1 atom stereocenters. The van der Waals surface area contributed by atoms with Crippen molar-refractivity contribution in [3.05, 3.63) is 0 Å². The molecular weight excluding hydrogens is 277 g/mol. The second-order valence-electron chi connectivity index (χ2n) is 5.37. The largest absolute Gasteiger partial charge is 0.296 e. The summed E-state index contributed by atoms with van der Waals surface area (Å²) in [4.78, 5) is 11.8. The van der Waals surface area contributed by atoms with Gasteiger partial charge in [-0.3, -0.25) is 10.1 Å². The van der Waals surface area contributed by atoms with Crippen molar-refractivity contribution in [2.24, 2.45) is 5.41 Å². The van der Waals surface area contributed by atoms with Gasteiger partial charge in [-0.2, -0.15) is 0 Å². The molecule has 1 unspecified atom stereocenters. The summed E-state index contributed by atoms with van der Waals surface area (Å²) < 4.78 is -0.0994. The van der Waals surface area contributed by atoms with Gasteiger partial charge in [-0.25, -0.2) is 0 Å². The molecule has 0 aromatic rings. The van der Waals surface area contributed by atoms with Gasteiger partial charge in [-0.15, -0.1) is 0 Å². The highest BCUT2D eigenvalue weighted by molar-refractivity contribution is 14.1. The zero-order valence-corrected chi connectivity index (χ0v) is 11.5. The Labute approximate surface area is 95.0 Å². The predicted octanol–water partition coefficient (Wildman–Crippen LogP) is 2.75. The van der Waals surface area contributed by atoms with Gasteiger partial charge in [-0.05, 0) is 20.8 Å². The van der Waals surface area contributed by atoms with Crippen molar-refractivity contribution in [3.63, 3.8) is 0 Å². The summed E-state index contributed by atoms with van der Waals surface area (Å²) in [6.07, 6.45) is 0. The molecule has 0 aromatic carbocycles. The second kappa shape index (κ2) is 4.26. The van der Waals surface area contributed by atoms with Crippen LogP contribution in [0.5, 0.6) is 0 Å². The molecule has 1 N–H and O–H groups in total. The first-order valence-corrected chi connectivity index (χ1v) is 5.75. The van der Waals surface area contributed by atoms with Crippen LogP contribution in [-0.2, 0) is 4.79 Å². The van der Waals surface area contributed by atoms with Crippen LogP contribution in [0.1, 0.15) is 41.5 Å². The number of rotatable bonds is 2. The van der Waals surface area contributed by atoms with E-state index in [0.717, 1.165) is 0 Å². The molecule has 0 spiro atoms. The van der Waals surface area contributed by atoms with Gasteiger partial charge in [0, 0.05) is 11.0 Å². The zero-order valence-electron chi connectivity index (χ0n) is 9.36. The maximum absolute atomic E-state index is 11.8. The van der Waals surface area contributed by atoms with Crippen molar-refractivity contribution in [1.29, 1.82) is 0 Å². The number of hydrogen-bond acceptors (Lipinski definition) is 2. The van der Waals surface area contributed by atoms with E-state index in [9.17, 15) is 4.79 Å². The van der Waals surface area contributed by atoms with Crippen molar-refractivity contribution in [2.75, 3.05) is 0 Å². The Bertz CT molecular complexity index is 188. The fourth-order valence-corrected chi connectivity index (χ4v) is 2.69. The van der Waals surface area contributed by atoms with Gasteiger partial charge in [0.2, 0.25) is 0 Å². The lowest BCUT2D eigenvalue weighted by Gasteiger charge is -2.28. The molecule has 0 saturated carbocycles. The van der Waals surface area contributed by atoms with Crippen LogP contribution in [0, 0.1) is 5.41 Å². The minimum Gasteiger partial charge on any atom is -0.296 e. The van der Waals surface area contributed by atoms with E-state index in [1.807, 2.05) is 20.8 Å². The third-order valence-electron chi connectivity index (χ3n) is 1.53. The molecular formula is C10H20INO. The molecule has 0 fully saturated rings. The van der Waals surface area contributed by atoms with Gasteiger partial charge in [0.25, 0.3) is 0 Å². The summed E-state index contributed by atoms with van der Waals surface area (Å²) in [6, 6.07) is 0. The van der Waals surface area contributed by atoms with E-state index in [0.29, 0.717) is 0 Å². The molecule has 0 aliphatic heterocycles. The average Bonchev–Trinajstić information content (AvgIpc) is 1.79. The summed E-state index contributed by atoms with van der Waals surface area (Å²) in [5.74, 6) is 0.253. The van der Waals surface area contributed by atoms with Crippen LogP contribution in [0.4, 0.5) is 0 Å². The van der Waals surface area contributed by atoms with E-state index in [-0.39, 0.29) is 20.8 Å². The number of carbonyl (C=O) groups excluding carboxylic acids is 1. The van der Waals surface area contributed by atoms with E-state index in [4.69, 9.17) is 0 Å². The number of alkyl halides is 1. The molecule has 0 aromatic heterocycles. The second-order valence-corrected chi connectivity index (χ2v) is 6.62. The highest BCUT2D eigenvalue weighted by Gasteiger charge is 2.29. The fraction of sp³-hybridized carbons (Fsp3) is 0.900. The van der Waals surface area contributed by atoms with Crippen molar-refractivity contribution in [3.8, 4) is 0 Å². The van der Waals surface area contributed by atoms with Crippen LogP contribution in [0.15, 0.2) is 0 Å². The molecule has 0 aliphatic carbocycles. The lowest BCUT2D eigenvalue weighted by molar-refractivity contribution is -0.126. The van der Waals surface area contributed by atoms with Gasteiger partial charge in [0.1, 0.15) is 4.05 Å². The minimum atomic E-state index is -0.260. The normalized spacial score (nSPS) is 15.6. The van der Waals surface area contributed by atoms with Gasteiger partial charge in [0.15, 0.2) is 5.78 Å². The van der Waals surface area contributed by atoms with Crippen molar-refractivity contribution in [1.82, 2.24) is 5.32 Å². The molecule has 0 aliphatic rings. The fourth-order valence-electron chi connectivity index (χ4n) is 0.826. The van der Waals surface area contributed by atoms with E-state index >= 15 is 0 Å². The topological polar surface area (TPSA) is 29.1 Å². The Morgan fingerprint density at radius 1 is 1.15 bits per heavy atom. The Hall–Kier alpha value is 0.360. The smallest absolute Gasteiger partial charge is 0.165 e. The van der Waals surface area contributed by atoms with Crippen LogP contribution in [-0.4, -0.2) is 15.4 Å². The maximum atomic E-state index is 11.8. The van der Waals surface area contributed by atoms with E-state index in [1.54, 1.807) is 0 Å². The molecule has 13 heavy (non-hydrogen) atoms. The first kappa shape index (κ1) is 13.4. The van der Waals surface area contributed by atoms with Crippen molar-refractivity contribution in [2.45, 2.75) is 51.1 Å². The number of nitrogens with one attached hydrogen (secondary N) is 1. The Kier molecular flexibility index (Phi) is 4.37. The predicted molar refractivity (Wildman–Crippen MR) is 65.2 cm³/mol. The maximum Gasteiger partial charge on any atom is 0.165 e. The first-order chi connectivity index (χ1) is 5.54. The number of hydrogen-bond donors (Lipinski definition) is 1. The van der Waals surface area contributed by atoms with Crippen LogP contribution in [0.25, 0.3) is 0 Å². The minimum absolute atomic E-state index is 0.00718. The highest BCUT2D eigenvalue weighted by Crippen LogP contribution is 2.21. The average molecular weight is 297 g/mol. The van der Waals surface area contributed by atoms with E-state index in [1.165, 1.54) is 0 Å². The summed E-state index contributed by atoms with van der Waals surface area (Å²) in [7, 11) is 0. The molecule has 2 nitrogen and oxygen atoms in total. The van der Waals surface area contributed by atoms with Gasteiger partial charge in [0.05, 0.1) is 0 Å². The highest BCUT2D eigenvalue weighted by atomic mass is 127. The summed E-state index contributed by atoms with van der Waals surface area (Å²) in [5.41, 5.74) is -0.267. The Balaban J connectivity index is 4.30. The van der Waals surface area contributed by atoms with Crippen LogP contribution in [0.3, 0.4) is 0 Å².